The highest BCUT2D eigenvalue weighted by atomic mass is 19.1. The molecular formula is C25H23FN6O2. The van der Waals surface area contributed by atoms with E-state index in [-0.39, 0.29) is 11.6 Å². The van der Waals surface area contributed by atoms with Gasteiger partial charge in [-0.3, -0.25) is 4.79 Å². The zero-order valence-corrected chi connectivity index (χ0v) is 18.5. The Kier molecular flexibility index (Phi) is 5.45. The molecule has 9 heteroatoms. The van der Waals surface area contributed by atoms with Gasteiger partial charge in [-0.15, -0.1) is 0 Å². The summed E-state index contributed by atoms with van der Waals surface area (Å²) in [6.45, 7) is 2.55. The number of nitrogen functional groups attached to an aromatic ring is 1. The molecule has 1 aliphatic rings. The van der Waals surface area contributed by atoms with Crippen molar-refractivity contribution < 1.29 is 14.0 Å². The van der Waals surface area contributed by atoms with Gasteiger partial charge in [0.15, 0.2) is 5.78 Å². The normalized spacial score (nSPS) is 13.1. The number of urea groups is 1. The van der Waals surface area contributed by atoms with Crippen LogP contribution in [0.1, 0.15) is 34.3 Å². The molecule has 0 spiro atoms. The molecule has 34 heavy (non-hydrogen) atoms. The molecule has 2 aromatic heterocycles. The lowest BCUT2D eigenvalue weighted by molar-refractivity contribution is 0.104. The first-order chi connectivity index (χ1) is 16.4. The summed E-state index contributed by atoms with van der Waals surface area (Å²) >= 11 is 0. The average molecular weight is 458 g/mol. The number of aromatic nitrogens is 3. The minimum Gasteiger partial charge on any atom is -0.383 e. The van der Waals surface area contributed by atoms with Gasteiger partial charge in [0.1, 0.15) is 23.6 Å². The summed E-state index contributed by atoms with van der Waals surface area (Å²) in [6.07, 6.45) is 5.51. The van der Waals surface area contributed by atoms with Crippen molar-refractivity contribution in [2.24, 2.45) is 5.92 Å². The van der Waals surface area contributed by atoms with Crippen molar-refractivity contribution in [3.05, 3.63) is 77.5 Å². The lowest BCUT2D eigenvalue weighted by Gasteiger charge is -2.11. The van der Waals surface area contributed by atoms with E-state index >= 15 is 0 Å². The molecule has 0 radical (unpaired) electrons. The third kappa shape index (κ3) is 4.32. The SMILES string of the molecule is Cc1ccc(F)cc1NC(=O)Nc1cccc(C(=O)c2cn(CC3CC3)c3ncnc(N)c23)c1. The molecule has 172 valence electrons. The first kappa shape index (κ1) is 21.6. The van der Waals surface area contributed by atoms with Crippen LogP contribution in [0.3, 0.4) is 0 Å². The predicted molar refractivity (Wildman–Crippen MR) is 128 cm³/mol. The maximum Gasteiger partial charge on any atom is 0.323 e. The van der Waals surface area contributed by atoms with Crippen LogP contribution in [0.5, 0.6) is 0 Å². The zero-order valence-electron chi connectivity index (χ0n) is 18.5. The Hall–Kier alpha value is -4.27. The van der Waals surface area contributed by atoms with Crippen molar-refractivity contribution in [3.8, 4) is 0 Å². The van der Waals surface area contributed by atoms with E-state index in [4.69, 9.17) is 5.73 Å². The molecular weight excluding hydrogens is 435 g/mol. The number of anilines is 3. The second-order valence-electron chi connectivity index (χ2n) is 8.54. The molecule has 1 aliphatic carbocycles. The Labute approximate surface area is 195 Å². The summed E-state index contributed by atoms with van der Waals surface area (Å²) in [5.41, 5.74) is 9.07. The first-order valence-corrected chi connectivity index (χ1v) is 11.0. The maximum absolute atomic E-state index is 13.5. The Balaban J connectivity index is 1.40. The molecule has 2 amide bonds. The van der Waals surface area contributed by atoms with Gasteiger partial charge in [0.05, 0.1) is 10.9 Å². The quantitative estimate of drug-likeness (QED) is 0.361. The van der Waals surface area contributed by atoms with E-state index in [0.717, 1.165) is 24.9 Å². The number of amides is 2. The van der Waals surface area contributed by atoms with Crippen LogP contribution in [-0.4, -0.2) is 26.3 Å². The third-order valence-corrected chi connectivity index (χ3v) is 5.91. The van der Waals surface area contributed by atoms with Gasteiger partial charge >= 0.3 is 6.03 Å². The summed E-state index contributed by atoms with van der Waals surface area (Å²) in [6, 6.07) is 10.2. The molecule has 1 fully saturated rings. The minimum absolute atomic E-state index is 0.244. The highest BCUT2D eigenvalue weighted by Gasteiger charge is 2.26. The van der Waals surface area contributed by atoms with Crippen molar-refractivity contribution in [2.45, 2.75) is 26.3 Å². The standard InChI is InChI=1S/C25H23FN6O2/c1-14-5-8-17(26)10-20(14)31-25(34)30-18-4-2-3-16(9-18)22(33)19-12-32(11-15-6-7-15)24-21(19)23(27)28-13-29-24/h2-5,8-10,12-13,15H,6-7,11H2,1H3,(H2,27,28,29)(H2,30,31,34). The number of nitrogens with one attached hydrogen (secondary N) is 2. The molecule has 0 atom stereocenters. The number of aryl methyl sites for hydroxylation is 1. The summed E-state index contributed by atoms with van der Waals surface area (Å²) in [7, 11) is 0. The van der Waals surface area contributed by atoms with E-state index in [9.17, 15) is 14.0 Å². The summed E-state index contributed by atoms with van der Waals surface area (Å²) in [5.74, 6) is 0.146. The molecule has 4 aromatic rings. The Bertz CT molecular complexity index is 1430. The minimum atomic E-state index is -0.544. The van der Waals surface area contributed by atoms with E-state index < -0.39 is 11.8 Å². The van der Waals surface area contributed by atoms with Crippen LogP contribution in [0.4, 0.5) is 26.4 Å². The number of carbonyl (C=O) groups excluding carboxylic acids is 2. The van der Waals surface area contributed by atoms with E-state index in [0.29, 0.717) is 39.5 Å². The lowest BCUT2D eigenvalue weighted by atomic mass is 10.0. The van der Waals surface area contributed by atoms with Crippen molar-refractivity contribution in [1.29, 1.82) is 0 Å². The number of benzene rings is 2. The van der Waals surface area contributed by atoms with Crippen LogP contribution in [-0.2, 0) is 6.54 Å². The average Bonchev–Trinajstić information content (AvgIpc) is 3.55. The fourth-order valence-corrected chi connectivity index (χ4v) is 3.94. The molecule has 4 N–H and O–H groups in total. The van der Waals surface area contributed by atoms with Crippen LogP contribution >= 0.6 is 0 Å². The summed E-state index contributed by atoms with van der Waals surface area (Å²) < 4.78 is 15.5. The monoisotopic (exact) mass is 458 g/mol. The number of carbonyl (C=O) groups is 2. The van der Waals surface area contributed by atoms with Gasteiger partial charge in [-0.05, 0) is 55.5 Å². The Morgan fingerprint density at radius 1 is 1.15 bits per heavy atom. The fraction of sp³-hybridized carbons (Fsp3) is 0.200. The zero-order chi connectivity index (χ0) is 23.8. The Morgan fingerprint density at radius 3 is 2.76 bits per heavy atom. The van der Waals surface area contributed by atoms with E-state index in [1.54, 1.807) is 43.5 Å². The molecule has 5 rings (SSSR count). The third-order valence-electron chi connectivity index (χ3n) is 5.91. The van der Waals surface area contributed by atoms with Crippen molar-refractivity contribution in [2.75, 3.05) is 16.4 Å². The van der Waals surface area contributed by atoms with Gasteiger partial charge in [-0.25, -0.2) is 19.2 Å². The number of rotatable bonds is 6. The van der Waals surface area contributed by atoms with Crippen LogP contribution in [0, 0.1) is 18.7 Å². The van der Waals surface area contributed by atoms with Gasteiger partial charge in [0, 0.05) is 29.7 Å². The summed E-state index contributed by atoms with van der Waals surface area (Å²) in [5, 5.41) is 5.85. The van der Waals surface area contributed by atoms with Crippen molar-refractivity contribution in [1.82, 2.24) is 14.5 Å². The van der Waals surface area contributed by atoms with E-state index in [1.807, 2.05) is 4.57 Å². The highest BCUT2D eigenvalue weighted by molar-refractivity contribution is 6.18. The first-order valence-electron chi connectivity index (χ1n) is 11.0. The fourth-order valence-electron chi connectivity index (χ4n) is 3.94. The highest BCUT2D eigenvalue weighted by Crippen LogP contribution is 2.34. The predicted octanol–water partition coefficient (Wildman–Crippen LogP) is 4.75. The van der Waals surface area contributed by atoms with Crippen LogP contribution in [0.15, 0.2) is 55.0 Å². The number of nitrogens with zero attached hydrogens (tertiary/aromatic N) is 3. The van der Waals surface area contributed by atoms with Gasteiger partial charge in [-0.2, -0.15) is 0 Å². The second kappa shape index (κ2) is 8.58. The molecule has 0 bridgehead atoms. The van der Waals surface area contributed by atoms with E-state index in [1.165, 1.54) is 18.5 Å². The number of hydrogen-bond donors (Lipinski definition) is 3. The second-order valence-corrected chi connectivity index (χ2v) is 8.54. The number of halogens is 1. The molecule has 0 saturated heterocycles. The van der Waals surface area contributed by atoms with Gasteiger partial charge in [0.2, 0.25) is 0 Å². The van der Waals surface area contributed by atoms with Crippen LogP contribution in [0.25, 0.3) is 11.0 Å². The number of ketones is 1. The van der Waals surface area contributed by atoms with Gasteiger partial charge in [-0.1, -0.05) is 18.2 Å². The van der Waals surface area contributed by atoms with Gasteiger partial charge in [0.25, 0.3) is 0 Å². The number of hydrogen-bond acceptors (Lipinski definition) is 5. The molecule has 8 nitrogen and oxygen atoms in total. The largest absolute Gasteiger partial charge is 0.383 e. The van der Waals surface area contributed by atoms with Crippen molar-refractivity contribution >= 4 is 40.0 Å². The van der Waals surface area contributed by atoms with Crippen molar-refractivity contribution in [3.63, 3.8) is 0 Å². The Morgan fingerprint density at radius 2 is 1.97 bits per heavy atom. The van der Waals surface area contributed by atoms with E-state index in [2.05, 4.69) is 20.6 Å². The molecule has 0 aliphatic heterocycles. The summed E-state index contributed by atoms with van der Waals surface area (Å²) in [4.78, 5) is 34.3. The maximum atomic E-state index is 13.5. The lowest BCUT2D eigenvalue weighted by Crippen LogP contribution is -2.20. The number of fused-ring (bicyclic) bond motifs is 1. The molecule has 2 heterocycles. The van der Waals surface area contributed by atoms with Crippen LogP contribution in [0.2, 0.25) is 0 Å². The smallest absolute Gasteiger partial charge is 0.323 e. The van der Waals surface area contributed by atoms with Crippen LogP contribution < -0.4 is 16.4 Å². The topological polar surface area (TPSA) is 115 Å². The number of nitrogens with two attached hydrogens (primary N) is 1. The van der Waals surface area contributed by atoms with Gasteiger partial charge < -0.3 is 20.9 Å². The molecule has 2 aromatic carbocycles. The molecule has 0 unspecified atom stereocenters. The molecule has 1 saturated carbocycles.